The minimum absolute atomic E-state index is 0.275. The number of carboxylic acids is 1. The molecule has 0 aromatic rings. The van der Waals surface area contributed by atoms with E-state index in [2.05, 4.69) is 0 Å². The average Bonchev–Trinajstić information content (AvgIpc) is 1.62. The normalized spacial score (nSPS) is 7.90. The first-order valence-electron chi connectivity index (χ1n) is 2.73. The van der Waals surface area contributed by atoms with Crippen molar-refractivity contribution in [1.29, 1.82) is 0 Å². The summed E-state index contributed by atoms with van der Waals surface area (Å²) in [4.78, 5) is 17.9. The van der Waals surface area contributed by atoms with Gasteiger partial charge < -0.3 is 10.3 Å². The molecule has 0 unspecified atom stereocenters. The summed E-state index contributed by atoms with van der Waals surface area (Å²) in [6, 6.07) is 0. The van der Waals surface area contributed by atoms with Crippen LogP contribution in [0.5, 0.6) is 0 Å². The van der Waals surface area contributed by atoms with Crippen molar-refractivity contribution in [3.8, 4) is 0 Å². The maximum atomic E-state index is 9.81. The molecule has 0 heterocycles. The van der Waals surface area contributed by atoms with Gasteiger partial charge in [-0.1, -0.05) is 13.8 Å². The molecule has 0 saturated carbocycles. The maximum Gasteiger partial charge on any atom is 0.303 e. The number of aliphatic carboxylic acids is 1. The number of rotatable bonds is 2. The first-order valence-corrected chi connectivity index (χ1v) is 2.73. The highest BCUT2D eigenvalue weighted by molar-refractivity contribution is 5.66. The second-order valence-electron chi connectivity index (χ2n) is 2.07. The van der Waals surface area contributed by atoms with E-state index in [1.54, 1.807) is 0 Å². The summed E-state index contributed by atoms with van der Waals surface area (Å²) >= 11 is 0. The Hall–Kier alpha value is -1.13. The lowest BCUT2D eigenvalue weighted by molar-refractivity contribution is -0.137. The number of hydrogen-bond donors (Lipinski definition) is 2. The highest BCUT2D eigenvalue weighted by atomic mass is 16.6. The number of hydrogen-bond acceptors (Lipinski definition) is 3. The highest BCUT2D eigenvalue weighted by Crippen LogP contribution is 1.96. The lowest BCUT2D eigenvalue weighted by atomic mass is 10.1. The third kappa shape index (κ3) is 28.7. The van der Waals surface area contributed by atoms with Crippen molar-refractivity contribution in [1.82, 2.24) is 0 Å². The van der Waals surface area contributed by atoms with Crippen LogP contribution in [0.3, 0.4) is 0 Å². The van der Waals surface area contributed by atoms with Crippen molar-refractivity contribution in [2.24, 2.45) is 11.3 Å². The van der Waals surface area contributed by atoms with Gasteiger partial charge in [-0.3, -0.25) is 4.79 Å². The van der Waals surface area contributed by atoms with Crippen molar-refractivity contribution >= 4 is 5.97 Å². The molecule has 0 fully saturated rings. The van der Waals surface area contributed by atoms with E-state index in [1.165, 1.54) is 5.34 Å². The second kappa shape index (κ2) is 7.87. The van der Waals surface area contributed by atoms with Crippen molar-refractivity contribution in [3.63, 3.8) is 0 Å². The van der Waals surface area contributed by atoms with Crippen LogP contribution in [0.2, 0.25) is 0 Å². The largest absolute Gasteiger partial charge is 0.481 e. The van der Waals surface area contributed by atoms with Gasteiger partial charge in [0.05, 0.1) is 0 Å². The molecule has 0 bridgehead atoms. The van der Waals surface area contributed by atoms with Gasteiger partial charge in [-0.15, -0.1) is 4.91 Å². The lowest BCUT2D eigenvalue weighted by Crippen LogP contribution is -1.99. The monoisotopic (exact) mass is 149 g/mol. The molecule has 0 radical (unpaired) electrons. The number of carboxylic acid groups (broad SMARTS) is 1. The van der Waals surface area contributed by atoms with Gasteiger partial charge in [-0.05, 0) is 5.92 Å². The SMILES string of the molecule is CC(C)CC(=O)O.O=NO. The maximum absolute atomic E-state index is 9.81. The van der Waals surface area contributed by atoms with E-state index in [-0.39, 0.29) is 12.3 Å². The Morgan fingerprint density at radius 2 is 1.90 bits per heavy atom. The molecule has 0 aromatic heterocycles. The van der Waals surface area contributed by atoms with Crippen molar-refractivity contribution in [3.05, 3.63) is 4.91 Å². The zero-order valence-electron chi connectivity index (χ0n) is 5.94. The van der Waals surface area contributed by atoms with E-state index in [1.807, 2.05) is 13.8 Å². The number of nitrogens with zero attached hydrogens (tertiary/aromatic N) is 1. The topological polar surface area (TPSA) is 87.0 Å². The fraction of sp³-hybridized carbons (Fsp3) is 0.800. The molecule has 0 rings (SSSR count). The Morgan fingerprint density at radius 3 is 1.90 bits per heavy atom. The van der Waals surface area contributed by atoms with Crippen LogP contribution in [0.15, 0.2) is 5.34 Å². The number of carbonyl (C=O) groups is 1. The van der Waals surface area contributed by atoms with E-state index in [4.69, 9.17) is 15.2 Å². The standard InChI is InChI=1S/C5H10O2.HNO2/c1-4(2)3-5(6)7;2-1-3/h4H,3H2,1-2H3,(H,6,7);(H,2,3). The van der Waals surface area contributed by atoms with Gasteiger partial charge in [0.1, 0.15) is 0 Å². The summed E-state index contributed by atoms with van der Waals surface area (Å²) in [5.74, 6) is -0.438. The summed E-state index contributed by atoms with van der Waals surface area (Å²) in [7, 11) is 0. The summed E-state index contributed by atoms with van der Waals surface area (Å²) in [5.41, 5.74) is 0. The first kappa shape index (κ1) is 11.6. The van der Waals surface area contributed by atoms with Crippen LogP contribution in [0.25, 0.3) is 0 Å². The van der Waals surface area contributed by atoms with Crippen LogP contribution in [-0.2, 0) is 4.79 Å². The van der Waals surface area contributed by atoms with Crippen LogP contribution >= 0.6 is 0 Å². The smallest absolute Gasteiger partial charge is 0.303 e. The minimum Gasteiger partial charge on any atom is -0.481 e. The van der Waals surface area contributed by atoms with Gasteiger partial charge >= 0.3 is 5.97 Å². The minimum atomic E-state index is -0.713. The molecule has 0 aromatic carbocycles. The molecule has 0 amide bonds. The predicted molar refractivity (Wildman–Crippen MR) is 34.7 cm³/mol. The van der Waals surface area contributed by atoms with Gasteiger partial charge in [0, 0.05) is 6.42 Å². The van der Waals surface area contributed by atoms with Gasteiger partial charge in [-0.25, -0.2) is 0 Å². The molecule has 60 valence electrons. The third-order valence-electron chi connectivity index (χ3n) is 0.583. The molecule has 10 heavy (non-hydrogen) atoms. The molecule has 0 aliphatic rings. The summed E-state index contributed by atoms with van der Waals surface area (Å²) < 4.78 is 0. The zero-order chi connectivity index (χ0) is 8.57. The second-order valence-corrected chi connectivity index (χ2v) is 2.07. The van der Waals surface area contributed by atoms with Crippen LogP contribution in [0.4, 0.5) is 0 Å². The Labute approximate surface area is 58.6 Å². The van der Waals surface area contributed by atoms with Crippen molar-refractivity contribution in [2.45, 2.75) is 20.3 Å². The molecular formula is C5H11NO4. The van der Waals surface area contributed by atoms with Crippen molar-refractivity contribution in [2.75, 3.05) is 0 Å². The van der Waals surface area contributed by atoms with Crippen LogP contribution in [0, 0.1) is 10.8 Å². The third-order valence-corrected chi connectivity index (χ3v) is 0.583. The highest BCUT2D eigenvalue weighted by Gasteiger charge is 1.98. The predicted octanol–water partition coefficient (Wildman–Crippen LogP) is 1.26. The van der Waals surface area contributed by atoms with Gasteiger partial charge in [0.15, 0.2) is 5.34 Å². The molecule has 0 saturated heterocycles. The Bertz CT molecular complexity index is 102. The molecule has 0 aliphatic carbocycles. The summed E-state index contributed by atoms with van der Waals surface area (Å²) in [6.45, 7) is 3.77. The summed E-state index contributed by atoms with van der Waals surface area (Å²) in [5, 5.41) is 16.0. The van der Waals surface area contributed by atoms with Gasteiger partial charge in [0.25, 0.3) is 0 Å². The quantitative estimate of drug-likeness (QED) is 0.457. The van der Waals surface area contributed by atoms with Gasteiger partial charge in [-0.2, -0.15) is 0 Å². The first-order chi connectivity index (χ1) is 4.54. The van der Waals surface area contributed by atoms with E-state index in [0.29, 0.717) is 0 Å². The fourth-order valence-corrected chi connectivity index (χ4v) is 0.349. The van der Waals surface area contributed by atoms with Crippen LogP contribution < -0.4 is 0 Å². The molecule has 5 nitrogen and oxygen atoms in total. The molecule has 0 aliphatic heterocycles. The van der Waals surface area contributed by atoms with E-state index in [9.17, 15) is 4.79 Å². The molecular weight excluding hydrogens is 138 g/mol. The fourth-order valence-electron chi connectivity index (χ4n) is 0.349. The van der Waals surface area contributed by atoms with E-state index in [0.717, 1.165) is 0 Å². The molecule has 0 atom stereocenters. The average molecular weight is 149 g/mol. The lowest BCUT2D eigenvalue weighted by Gasteiger charge is -1.94. The Morgan fingerprint density at radius 1 is 1.60 bits per heavy atom. The molecule has 5 heteroatoms. The molecule has 0 spiro atoms. The van der Waals surface area contributed by atoms with Crippen molar-refractivity contribution < 1.29 is 15.1 Å². The zero-order valence-corrected chi connectivity index (χ0v) is 5.94. The van der Waals surface area contributed by atoms with Gasteiger partial charge in [0.2, 0.25) is 0 Å². The van der Waals surface area contributed by atoms with E-state index < -0.39 is 5.97 Å². The van der Waals surface area contributed by atoms with E-state index >= 15 is 0 Å². The van der Waals surface area contributed by atoms with Crippen LogP contribution in [-0.4, -0.2) is 16.3 Å². The Kier molecular flexibility index (Phi) is 9.16. The summed E-state index contributed by atoms with van der Waals surface area (Å²) in [6.07, 6.45) is 0.278. The van der Waals surface area contributed by atoms with Crippen LogP contribution in [0.1, 0.15) is 20.3 Å². The Balaban J connectivity index is 0. The molecule has 2 N–H and O–H groups in total.